The molecular formula is C24H35IN4O2. The zero-order chi connectivity index (χ0) is 20.9. The van der Waals surface area contributed by atoms with Gasteiger partial charge in [-0.25, -0.2) is 4.99 Å². The van der Waals surface area contributed by atoms with Crippen molar-refractivity contribution in [3.63, 3.8) is 0 Å². The Kier molecular flexibility index (Phi) is 12.3. The maximum Gasteiger partial charge on any atom is 0.191 e. The number of nitrogens with one attached hydrogen (secondary N) is 2. The molecule has 0 unspecified atom stereocenters. The van der Waals surface area contributed by atoms with E-state index in [-0.39, 0.29) is 24.0 Å². The molecule has 6 nitrogen and oxygen atoms in total. The highest BCUT2D eigenvalue weighted by molar-refractivity contribution is 14.0. The summed E-state index contributed by atoms with van der Waals surface area (Å²) in [5, 5.41) is 6.75. The molecule has 1 saturated heterocycles. The standard InChI is InChI=1S/C24H34N4O2.HI/c1-2-25-24(26-13-12-21-8-4-3-5-9-21)27-20-22-10-6-7-11-23(22)30-19-16-28-14-17-29-18-15-28;/h3-11H,2,12-20H2,1H3,(H2,25,26,27);1H. The van der Waals surface area contributed by atoms with Gasteiger partial charge in [0.05, 0.1) is 19.8 Å². The van der Waals surface area contributed by atoms with Crippen molar-refractivity contribution >= 4 is 29.9 Å². The van der Waals surface area contributed by atoms with Gasteiger partial charge in [-0.1, -0.05) is 48.5 Å². The first-order valence-corrected chi connectivity index (χ1v) is 10.9. The van der Waals surface area contributed by atoms with Crippen LogP contribution in [0.1, 0.15) is 18.1 Å². The number of benzene rings is 2. The molecule has 2 N–H and O–H groups in total. The molecule has 1 aliphatic rings. The second kappa shape index (κ2) is 15.0. The second-order valence-electron chi connectivity index (χ2n) is 7.27. The van der Waals surface area contributed by atoms with Crippen molar-refractivity contribution < 1.29 is 9.47 Å². The smallest absolute Gasteiger partial charge is 0.191 e. The van der Waals surface area contributed by atoms with Gasteiger partial charge in [0.1, 0.15) is 12.4 Å². The lowest BCUT2D eigenvalue weighted by molar-refractivity contribution is 0.0322. The molecule has 1 fully saturated rings. The Bertz CT molecular complexity index is 767. The van der Waals surface area contributed by atoms with Gasteiger partial charge in [-0.05, 0) is 25.0 Å². The Morgan fingerprint density at radius 2 is 1.77 bits per heavy atom. The molecule has 0 radical (unpaired) electrons. The fraction of sp³-hybridized carbons (Fsp3) is 0.458. The van der Waals surface area contributed by atoms with Crippen molar-refractivity contribution in [2.75, 3.05) is 52.5 Å². The van der Waals surface area contributed by atoms with Crippen molar-refractivity contribution in [2.45, 2.75) is 19.9 Å². The lowest BCUT2D eigenvalue weighted by Gasteiger charge is -2.26. The van der Waals surface area contributed by atoms with Crippen LogP contribution < -0.4 is 15.4 Å². The van der Waals surface area contributed by atoms with Gasteiger partial charge in [0.2, 0.25) is 0 Å². The van der Waals surface area contributed by atoms with E-state index in [0.29, 0.717) is 13.2 Å². The van der Waals surface area contributed by atoms with Gasteiger partial charge in [0.15, 0.2) is 5.96 Å². The fourth-order valence-corrected chi connectivity index (χ4v) is 3.36. The van der Waals surface area contributed by atoms with Gasteiger partial charge in [-0.3, -0.25) is 4.90 Å². The first kappa shape index (κ1) is 25.4. The van der Waals surface area contributed by atoms with Gasteiger partial charge >= 0.3 is 0 Å². The number of morpholine rings is 1. The molecule has 2 aromatic carbocycles. The summed E-state index contributed by atoms with van der Waals surface area (Å²) in [7, 11) is 0. The SMILES string of the molecule is CCNC(=NCc1ccccc1OCCN1CCOCC1)NCCc1ccccc1.I. The van der Waals surface area contributed by atoms with E-state index in [1.165, 1.54) is 5.56 Å². The third-order valence-corrected chi connectivity index (χ3v) is 5.04. The van der Waals surface area contributed by atoms with Crippen LogP contribution >= 0.6 is 24.0 Å². The Hall–Kier alpha value is -1.84. The average Bonchev–Trinajstić information content (AvgIpc) is 2.80. The fourth-order valence-electron chi connectivity index (χ4n) is 3.36. The summed E-state index contributed by atoms with van der Waals surface area (Å²) < 4.78 is 11.5. The minimum Gasteiger partial charge on any atom is -0.492 e. The van der Waals surface area contributed by atoms with Gasteiger partial charge in [0, 0.05) is 38.3 Å². The summed E-state index contributed by atoms with van der Waals surface area (Å²) in [5.41, 5.74) is 2.42. The monoisotopic (exact) mass is 538 g/mol. The van der Waals surface area contributed by atoms with E-state index >= 15 is 0 Å². The van der Waals surface area contributed by atoms with Crippen LogP contribution in [-0.4, -0.2) is 63.4 Å². The maximum absolute atomic E-state index is 6.08. The molecule has 0 bridgehead atoms. The lowest BCUT2D eigenvalue weighted by Crippen LogP contribution is -2.38. The number of ether oxygens (including phenoxy) is 2. The molecule has 0 saturated carbocycles. The number of rotatable bonds is 10. The van der Waals surface area contributed by atoms with Gasteiger partial charge in [-0.2, -0.15) is 0 Å². The summed E-state index contributed by atoms with van der Waals surface area (Å²) in [4.78, 5) is 7.14. The Morgan fingerprint density at radius 3 is 2.55 bits per heavy atom. The van der Waals surface area contributed by atoms with Crippen LogP contribution in [0.5, 0.6) is 5.75 Å². The number of hydrogen-bond donors (Lipinski definition) is 2. The summed E-state index contributed by atoms with van der Waals surface area (Å²) in [6.07, 6.45) is 0.965. The highest BCUT2D eigenvalue weighted by atomic mass is 127. The second-order valence-corrected chi connectivity index (χ2v) is 7.27. The molecule has 0 atom stereocenters. The molecule has 1 aliphatic heterocycles. The lowest BCUT2D eigenvalue weighted by atomic mass is 10.1. The zero-order valence-electron chi connectivity index (χ0n) is 18.4. The van der Waals surface area contributed by atoms with Crippen LogP contribution in [0.3, 0.4) is 0 Å². The predicted octanol–water partition coefficient (Wildman–Crippen LogP) is 3.31. The molecule has 0 amide bonds. The topological polar surface area (TPSA) is 58.1 Å². The molecule has 170 valence electrons. The number of hydrogen-bond acceptors (Lipinski definition) is 4. The van der Waals surface area contributed by atoms with E-state index in [2.05, 4.69) is 52.8 Å². The molecule has 2 aromatic rings. The van der Waals surface area contributed by atoms with E-state index in [0.717, 1.165) is 69.6 Å². The van der Waals surface area contributed by atoms with Crippen molar-refractivity contribution in [1.29, 1.82) is 0 Å². The molecule has 31 heavy (non-hydrogen) atoms. The minimum atomic E-state index is 0. The number of nitrogens with zero attached hydrogens (tertiary/aromatic N) is 2. The third kappa shape index (κ3) is 9.45. The van der Waals surface area contributed by atoms with E-state index in [1.54, 1.807) is 0 Å². The van der Waals surface area contributed by atoms with E-state index in [1.807, 2.05) is 24.3 Å². The van der Waals surface area contributed by atoms with Gasteiger partial charge < -0.3 is 20.1 Å². The van der Waals surface area contributed by atoms with Crippen LogP contribution in [0.4, 0.5) is 0 Å². The molecule has 0 aliphatic carbocycles. The van der Waals surface area contributed by atoms with E-state index in [4.69, 9.17) is 14.5 Å². The van der Waals surface area contributed by atoms with Crippen molar-refractivity contribution in [3.8, 4) is 5.75 Å². The largest absolute Gasteiger partial charge is 0.492 e. The Balaban J connectivity index is 0.00000341. The molecule has 0 aromatic heterocycles. The van der Waals surface area contributed by atoms with Gasteiger partial charge in [0.25, 0.3) is 0 Å². The van der Waals surface area contributed by atoms with Crippen molar-refractivity contribution in [2.24, 2.45) is 4.99 Å². The quantitative estimate of drug-likeness (QED) is 0.276. The number of para-hydroxylation sites is 1. The summed E-state index contributed by atoms with van der Waals surface area (Å²) in [6.45, 7) is 9.52. The molecular weight excluding hydrogens is 503 g/mol. The van der Waals surface area contributed by atoms with Crippen molar-refractivity contribution in [3.05, 3.63) is 65.7 Å². The first-order chi connectivity index (χ1) is 14.8. The average molecular weight is 538 g/mol. The minimum absolute atomic E-state index is 0. The summed E-state index contributed by atoms with van der Waals surface area (Å²) in [5.74, 6) is 1.74. The van der Waals surface area contributed by atoms with Crippen LogP contribution in [0.15, 0.2) is 59.6 Å². The summed E-state index contributed by atoms with van der Waals surface area (Å²) in [6, 6.07) is 18.7. The maximum atomic E-state index is 6.08. The summed E-state index contributed by atoms with van der Waals surface area (Å²) >= 11 is 0. The van der Waals surface area contributed by atoms with E-state index < -0.39 is 0 Å². The molecule has 3 rings (SSSR count). The highest BCUT2D eigenvalue weighted by Crippen LogP contribution is 2.19. The first-order valence-electron chi connectivity index (χ1n) is 10.9. The molecule has 7 heteroatoms. The van der Waals surface area contributed by atoms with Crippen LogP contribution in [0.25, 0.3) is 0 Å². The Labute approximate surface area is 203 Å². The third-order valence-electron chi connectivity index (χ3n) is 5.04. The van der Waals surface area contributed by atoms with Gasteiger partial charge in [-0.15, -0.1) is 24.0 Å². The van der Waals surface area contributed by atoms with Crippen LogP contribution in [-0.2, 0) is 17.7 Å². The van der Waals surface area contributed by atoms with Crippen molar-refractivity contribution in [1.82, 2.24) is 15.5 Å². The zero-order valence-corrected chi connectivity index (χ0v) is 20.7. The van der Waals surface area contributed by atoms with Crippen LogP contribution in [0.2, 0.25) is 0 Å². The normalized spacial score (nSPS) is 14.5. The van der Waals surface area contributed by atoms with Crippen LogP contribution in [0, 0.1) is 0 Å². The molecule has 1 heterocycles. The van der Waals surface area contributed by atoms with E-state index in [9.17, 15) is 0 Å². The highest BCUT2D eigenvalue weighted by Gasteiger charge is 2.10. The predicted molar refractivity (Wildman–Crippen MR) is 138 cm³/mol. The Morgan fingerprint density at radius 1 is 1.03 bits per heavy atom. The molecule has 0 spiro atoms. The number of aliphatic imine (C=N–C) groups is 1. The number of guanidine groups is 1. The number of halogens is 1.